The molecule has 2 atom stereocenters. The first kappa shape index (κ1) is 14.4. The van der Waals surface area contributed by atoms with Crippen molar-refractivity contribution in [3.8, 4) is 0 Å². The number of aliphatic hydroxyl groups is 1. The van der Waals surface area contributed by atoms with E-state index in [1.54, 1.807) is 13.0 Å². The van der Waals surface area contributed by atoms with Crippen molar-refractivity contribution in [1.82, 2.24) is 10.3 Å². The maximum atomic E-state index is 11.5. The number of nitrogens with zero attached hydrogens (tertiary/aromatic N) is 2. The molecule has 18 heavy (non-hydrogen) atoms. The topological polar surface area (TPSA) is 91.5 Å². The fraction of sp³-hybridized carbons (Fsp3) is 0.500. The summed E-state index contributed by atoms with van der Waals surface area (Å²) in [5.41, 5.74) is 6.08. The van der Waals surface area contributed by atoms with Crippen LogP contribution in [-0.2, 0) is 4.79 Å². The minimum absolute atomic E-state index is 0.220. The van der Waals surface area contributed by atoms with Gasteiger partial charge >= 0.3 is 0 Å². The second kappa shape index (κ2) is 6.32. The molecule has 1 rings (SSSR count). The summed E-state index contributed by atoms with van der Waals surface area (Å²) in [6.45, 7) is 1.37. The summed E-state index contributed by atoms with van der Waals surface area (Å²) < 4.78 is 0. The average molecular weight is 252 g/mol. The first-order valence-corrected chi connectivity index (χ1v) is 5.76. The molecule has 6 heteroatoms. The van der Waals surface area contributed by atoms with Gasteiger partial charge in [0.2, 0.25) is 5.91 Å². The minimum Gasteiger partial charge on any atom is -0.394 e. The predicted octanol–water partition coefficient (Wildman–Crippen LogP) is -0.356. The van der Waals surface area contributed by atoms with Crippen molar-refractivity contribution in [3.63, 3.8) is 0 Å². The van der Waals surface area contributed by atoms with Crippen LogP contribution in [0.5, 0.6) is 0 Å². The first-order chi connectivity index (χ1) is 8.45. The number of aliphatic hydroxyl groups excluding tert-OH is 1. The number of pyridine rings is 1. The highest BCUT2D eigenvalue weighted by Crippen LogP contribution is 2.14. The molecule has 1 aromatic rings. The van der Waals surface area contributed by atoms with E-state index < -0.39 is 12.1 Å². The number of nitrogens with one attached hydrogen (secondary N) is 1. The maximum absolute atomic E-state index is 11.5. The lowest BCUT2D eigenvalue weighted by Crippen LogP contribution is -2.41. The van der Waals surface area contributed by atoms with Gasteiger partial charge in [0.25, 0.3) is 0 Å². The summed E-state index contributed by atoms with van der Waals surface area (Å²) in [5, 5.41) is 12.0. The van der Waals surface area contributed by atoms with Gasteiger partial charge in [-0.1, -0.05) is 6.07 Å². The molecular formula is C12H20N4O2. The Labute approximate surface area is 107 Å². The van der Waals surface area contributed by atoms with Crippen LogP contribution in [0.15, 0.2) is 18.2 Å². The molecule has 4 N–H and O–H groups in total. The van der Waals surface area contributed by atoms with Gasteiger partial charge in [0.1, 0.15) is 5.82 Å². The Morgan fingerprint density at radius 3 is 2.72 bits per heavy atom. The van der Waals surface area contributed by atoms with Crippen LogP contribution < -0.4 is 16.0 Å². The lowest BCUT2D eigenvalue weighted by Gasteiger charge is -2.19. The van der Waals surface area contributed by atoms with Crippen molar-refractivity contribution >= 4 is 11.7 Å². The number of carbonyl (C=O) groups is 1. The van der Waals surface area contributed by atoms with Gasteiger partial charge in [-0.2, -0.15) is 0 Å². The third-order valence-corrected chi connectivity index (χ3v) is 2.48. The van der Waals surface area contributed by atoms with Gasteiger partial charge in [0.05, 0.1) is 24.4 Å². The Kier molecular flexibility index (Phi) is 5.06. The highest BCUT2D eigenvalue weighted by atomic mass is 16.3. The van der Waals surface area contributed by atoms with Crippen molar-refractivity contribution in [2.45, 2.75) is 19.0 Å². The molecule has 1 heterocycles. The fourth-order valence-corrected chi connectivity index (χ4v) is 1.40. The Bertz CT molecular complexity index is 407. The van der Waals surface area contributed by atoms with Crippen molar-refractivity contribution in [3.05, 3.63) is 23.9 Å². The normalized spacial score (nSPS) is 13.8. The SMILES string of the molecule is C[C@@H](N)C(=O)N[C@H](CO)c1cccc(N(C)C)n1. The Morgan fingerprint density at radius 2 is 2.22 bits per heavy atom. The number of hydrogen-bond donors (Lipinski definition) is 3. The van der Waals surface area contributed by atoms with Gasteiger partial charge in [-0.15, -0.1) is 0 Å². The summed E-state index contributed by atoms with van der Waals surface area (Å²) >= 11 is 0. The zero-order valence-corrected chi connectivity index (χ0v) is 10.9. The zero-order chi connectivity index (χ0) is 13.7. The van der Waals surface area contributed by atoms with Gasteiger partial charge in [0, 0.05) is 14.1 Å². The second-order valence-corrected chi connectivity index (χ2v) is 4.35. The lowest BCUT2D eigenvalue weighted by atomic mass is 10.2. The van der Waals surface area contributed by atoms with E-state index in [0.29, 0.717) is 5.69 Å². The zero-order valence-electron chi connectivity index (χ0n) is 10.9. The minimum atomic E-state index is -0.615. The molecule has 0 saturated carbocycles. The molecule has 1 amide bonds. The number of rotatable bonds is 5. The van der Waals surface area contributed by atoms with Crippen LogP contribution in [-0.4, -0.2) is 42.7 Å². The van der Waals surface area contributed by atoms with E-state index in [2.05, 4.69) is 10.3 Å². The molecule has 0 aliphatic heterocycles. The third kappa shape index (κ3) is 3.68. The number of hydrogen-bond acceptors (Lipinski definition) is 5. The summed E-state index contributed by atoms with van der Waals surface area (Å²) in [6, 6.07) is 4.29. The molecule has 0 spiro atoms. The van der Waals surface area contributed by atoms with Gasteiger partial charge in [-0.3, -0.25) is 4.79 Å². The number of aromatic nitrogens is 1. The lowest BCUT2D eigenvalue weighted by molar-refractivity contribution is -0.123. The highest BCUT2D eigenvalue weighted by molar-refractivity contribution is 5.81. The van der Waals surface area contributed by atoms with E-state index in [0.717, 1.165) is 5.82 Å². The van der Waals surface area contributed by atoms with Gasteiger partial charge < -0.3 is 21.1 Å². The molecule has 100 valence electrons. The smallest absolute Gasteiger partial charge is 0.237 e. The molecular weight excluding hydrogens is 232 g/mol. The van der Waals surface area contributed by atoms with Gasteiger partial charge in [-0.25, -0.2) is 4.98 Å². The first-order valence-electron chi connectivity index (χ1n) is 5.76. The van der Waals surface area contributed by atoms with Gasteiger partial charge in [0.15, 0.2) is 0 Å². The Morgan fingerprint density at radius 1 is 1.56 bits per heavy atom. The molecule has 1 aromatic heterocycles. The summed E-state index contributed by atoms with van der Waals surface area (Å²) in [7, 11) is 3.75. The molecule has 0 radical (unpaired) electrons. The molecule has 0 aliphatic carbocycles. The predicted molar refractivity (Wildman–Crippen MR) is 70.2 cm³/mol. The fourth-order valence-electron chi connectivity index (χ4n) is 1.40. The number of anilines is 1. The number of amides is 1. The molecule has 0 saturated heterocycles. The Hall–Kier alpha value is -1.66. The van der Waals surface area contributed by atoms with Crippen LogP contribution in [0, 0.1) is 0 Å². The van der Waals surface area contributed by atoms with Crippen LogP contribution in [0.4, 0.5) is 5.82 Å². The summed E-state index contributed by atoms with van der Waals surface area (Å²) in [6.07, 6.45) is 0. The van der Waals surface area contributed by atoms with Crippen molar-refractivity contribution in [2.75, 3.05) is 25.6 Å². The van der Waals surface area contributed by atoms with E-state index in [1.165, 1.54) is 0 Å². The van der Waals surface area contributed by atoms with E-state index in [-0.39, 0.29) is 12.5 Å². The highest BCUT2D eigenvalue weighted by Gasteiger charge is 2.17. The quantitative estimate of drug-likeness (QED) is 0.666. The van der Waals surface area contributed by atoms with E-state index in [9.17, 15) is 9.90 Å². The van der Waals surface area contributed by atoms with Crippen molar-refractivity contribution in [2.24, 2.45) is 5.73 Å². The van der Waals surface area contributed by atoms with E-state index in [4.69, 9.17) is 5.73 Å². The average Bonchev–Trinajstić information content (AvgIpc) is 2.35. The second-order valence-electron chi connectivity index (χ2n) is 4.35. The standard InChI is InChI=1S/C12H20N4O2/c1-8(13)12(18)15-10(7-17)9-5-4-6-11(14-9)16(2)3/h4-6,8,10,17H,7,13H2,1-3H3,(H,15,18)/t8-,10-/m1/s1. The molecule has 0 fully saturated rings. The van der Waals surface area contributed by atoms with Crippen LogP contribution >= 0.6 is 0 Å². The number of carbonyl (C=O) groups excluding carboxylic acids is 1. The van der Waals surface area contributed by atoms with Crippen molar-refractivity contribution < 1.29 is 9.90 Å². The summed E-state index contributed by atoms with van der Waals surface area (Å²) in [4.78, 5) is 17.7. The molecule has 0 unspecified atom stereocenters. The number of nitrogens with two attached hydrogens (primary N) is 1. The molecule has 0 aromatic carbocycles. The molecule has 6 nitrogen and oxygen atoms in total. The summed E-state index contributed by atoms with van der Waals surface area (Å²) in [5.74, 6) is 0.451. The van der Waals surface area contributed by atoms with Crippen LogP contribution in [0.2, 0.25) is 0 Å². The van der Waals surface area contributed by atoms with E-state index >= 15 is 0 Å². The monoisotopic (exact) mass is 252 g/mol. The van der Waals surface area contributed by atoms with Gasteiger partial charge in [-0.05, 0) is 19.1 Å². The van der Waals surface area contributed by atoms with Crippen LogP contribution in [0.3, 0.4) is 0 Å². The maximum Gasteiger partial charge on any atom is 0.237 e. The molecule has 0 bridgehead atoms. The van der Waals surface area contributed by atoms with Crippen LogP contribution in [0.1, 0.15) is 18.7 Å². The molecule has 0 aliphatic rings. The van der Waals surface area contributed by atoms with E-state index in [1.807, 2.05) is 31.1 Å². The largest absolute Gasteiger partial charge is 0.394 e. The third-order valence-electron chi connectivity index (χ3n) is 2.48. The van der Waals surface area contributed by atoms with Crippen LogP contribution in [0.25, 0.3) is 0 Å². The van der Waals surface area contributed by atoms with Crippen molar-refractivity contribution in [1.29, 1.82) is 0 Å². The Balaban J connectivity index is 2.88.